The van der Waals surface area contributed by atoms with Crippen LogP contribution in [0.5, 0.6) is 0 Å². The Morgan fingerprint density at radius 1 is 1.04 bits per heavy atom. The van der Waals surface area contributed by atoms with Gasteiger partial charge in [0.05, 0.1) is 11.2 Å². The van der Waals surface area contributed by atoms with Crippen LogP contribution in [0.3, 0.4) is 0 Å². The molecule has 0 bridgehead atoms. The number of benzene rings is 2. The number of nitrogens with one attached hydrogen (secondary N) is 1. The Morgan fingerprint density at radius 2 is 1.85 bits per heavy atom. The standard InChI is InChI=1S/C20H16FN3O2S/c1-22-18-9-4-10-19-16(18)12-20(15-7-2-3-8-17(15)21)24(19)27(25,26)14-6-5-11-23-13-14/h2-13,22H,1H3. The number of nitrogens with zero attached hydrogens (tertiary/aromatic N) is 2. The molecule has 0 saturated carbocycles. The number of hydrogen-bond donors (Lipinski definition) is 1. The third-order valence-electron chi connectivity index (χ3n) is 4.39. The highest BCUT2D eigenvalue weighted by molar-refractivity contribution is 7.90. The van der Waals surface area contributed by atoms with Gasteiger partial charge in [0.2, 0.25) is 0 Å². The van der Waals surface area contributed by atoms with Crippen molar-refractivity contribution in [3.63, 3.8) is 0 Å². The van der Waals surface area contributed by atoms with Crippen LogP contribution in [-0.4, -0.2) is 24.4 Å². The van der Waals surface area contributed by atoms with Gasteiger partial charge in [-0.2, -0.15) is 0 Å². The molecule has 5 nitrogen and oxygen atoms in total. The number of pyridine rings is 1. The van der Waals surface area contributed by atoms with Gasteiger partial charge in [0.25, 0.3) is 10.0 Å². The van der Waals surface area contributed by atoms with E-state index in [2.05, 4.69) is 10.3 Å². The van der Waals surface area contributed by atoms with Gasteiger partial charge in [0.1, 0.15) is 10.7 Å². The Bertz CT molecular complexity index is 1230. The zero-order valence-electron chi connectivity index (χ0n) is 14.4. The van der Waals surface area contributed by atoms with Gasteiger partial charge in [-0.15, -0.1) is 0 Å². The predicted molar refractivity (Wildman–Crippen MR) is 104 cm³/mol. The molecule has 4 aromatic rings. The molecule has 7 heteroatoms. The second-order valence-corrected chi connectivity index (χ2v) is 7.74. The van der Waals surface area contributed by atoms with Crippen molar-refractivity contribution in [2.45, 2.75) is 4.90 Å². The summed E-state index contributed by atoms with van der Waals surface area (Å²) in [6.45, 7) is 0. The second-order valence-electron chi connectivity index (χ2n) is 5.96. The quantitative estimate of drug-likeness (QED) is 0.578. The van der Waals surface area contributed by atoms with E-state index in [1.165, 1.54) is 28.5 Å². The summed E-state index contributed by atoms with van der Waals surface area (Å²) in [6.07, 6.45) is 2.79. The number of hydrogen-bond acceptors (Lipinski definition) is 4. The summed E-state index contributed by atoms with van der Waals surface area (Å²) in [5.74, 6) is -0.492. The number of fused-ring (bicyclic) bond motifs is 1. The lowest BCUT2D eigenvalue weighted by Gasteiger charge is -2.12. The molecule has 2 aromatic heterocycles. The zero-order chi connectivity index (χ0) is 19.0. The average molecular weight is 381 g/mol. The van der Waals surface area contributed by atoms with E-state index >= 15 is 0 Å². The molecule has 0 amide bonds. The van der Waals surface area contributed by atoms with Crippen LogP contribution < -0.4 is 5.32 Å². The monoisotopic (exact) mass is 381 g/mol. The minimum atomic E-state index is -3.98. The first-order chi connectivity index (χ1) is 13.0. The summed E-state index contributed by atoms with van der Waals surface area (Å²) in [5.41, 5.74) is 1.69. The fraction of sp³-hybridized carbons (Fsp3) is 0.0500. The van der Waals surface area contributed by atoms with E-state index in [-0.39, 0.29) is 16.2 Å². The highest BCUT2D eigenvalue weighted by Gasteiger charge is 2.26. The molecule has 0 fully saturated rings. The average Bonchev–Trinajstić information content (AvgIpc) is 3.09. The highest BCUT2D eigenvalue weighted by Crippen LogP contribution is 2.36. The van der Waals surface area contributed by atoms with Crippen molar-refractivity contribution in [1.29, 1.82) is 0 Å². The van der Waals surface area contributed by atoms with Crippen molar-refractivity contribution in [1.82, 2.24) is 8.96 Å². The lowest BCUT2D eigenvalue weighted by atomic mass is 10.1. The van der Waals surface area contributed by atoms with Gasteiger partial charge < -0.3 is 5.32 Å². The molecule has 0 unspecified atom stereocenters. The van der Waals surface area contributed by atoms with Crippen LogP contribution in [0, 0.1) is 5.82 Å². The van der Waals surface area contributed by atoms with Crippen LogP contribution in [0.15, 0.2) is 78.0 Å². The molecule has 0 spiro atoms. The van der Waals surface area contributed by atoms with E-state index in [1.54, 1.807) is 49.5 Å². The number of rotatable bonds is 4. The van der Waals surface area contributed by atoms with E-state index < -0.39 is 15.8 Å². The van der Waals surface area contributed by atoms with Crippen molar-refractivity contribution < 1.29 is 12.8 Å². The molecule has 0 saturated heterocycles. The van der Waals surface area contributed by atoms with Crippen molar-refractivity contribution in [3.8, 4) is 11.3 Å². The maximum Gasteiger partial charge on any atom is 0.270 e. The Hall–Kier alpha value is -3.19. The first-order valence-corrected chi connectivity index (χ1v) is 9.71. The minimum Gasteiger partial charge on any atom is -0.388 e. The van der Waals surface area contributed by atoms with Gasteiger partial charge in [0.15, 0.2) is 0 Å². The molecule has 0 aliphatic heterocycles. The largest absolute Gasteiger partial charge is 0.388 e. The first kappa shape index (κ1) is 17.2. The molecular weight excluding hydrogens is 365 g/mol. The summed E-state index contributed by atoms with van der Waals surface area (Å²) in [7, 11) is -2.23. The SMILES string of the molecule is CNc1cccc2c1cc(-c1ccccc1F)n2S(=O)(=O)c1cccnc1. The Kier molecular flexibility index (Phi) is 4.16. The number of halogens is 1. The van der Waals surface area contributed by atoms with Gasteiger partial charge >= 0.3 is 0 Å². The second kappa shape index (κ2) is 6.51. The molecular formula is C20H16FN3O2S. The molecule has 27 heavy (non-hydrogen) atoms. The topological polar surface area (TPSA) is 64.0 Å². The van der Waals surface area contributed by atoms with Crippen LogP contribution in [0.25, 0.3) is 22.2 Å². The fourth-order valence-corrected chi connectivity index (χ4v) is 4.63. The van der Waals surface area contributed by atoms with E-state index in [4.69, 9.17) is 0 Å². The molecule has 136 valence electrons. The smallest absolute Gasteiger partial charge is 0.270 e. The molecule has 2 aromatic carbocycles. The summed E-state index contributed by atoms with van der Waals surface area (Å²) in [5, 5.41) is 3.74. The van der Waals surface area contributed by atoms with Crippen molar-refractivity contribution in [3.05, 3.63) is 78.9 Å². The van der Waals surface area contributed by atoms with Gasteiger partial charge in [-0.1, -0.05) is 18.2 Å². The number of anilines is 1. The maximum atomic E-state index is 14.5. The third-order valence-corrected chi connectivity index (χ3v) is 6.10. The van der Waals surface area contributed by atoms with Gasteiger partial charge in [-0.3, -0.25) is 4.98 Å². The third kappa shape index (κ3) is 2.76. The van der Waals surface area contributed by atoms with Crippen molar-refractivity contribution >= 4 is 26.6 Å². The van der Waals surface area contributed by atoms with Crippen molar-refractivity contribution in [2.24, 2.45) is 0 Å². The summed E-state index contributed by atoms with van der Waals surface area (Å²) < 4.78 is 42.5. The molecule has 1 N–H and O–H groups in total. The molecule has 0 radical (unpaired) electrons. The highest BCUT2D eigenvalue weighted by atomic mass is 32.2. The molecule has 4 rings (SSSR count). The summed E-state index contributed by atoms with van der Waals surface area (Å²) in [6, 6.07) is 16.1. The van der Waals surface area contributed by atoms with Gasteiger partial charge in [-0.25, -0.2) is 16.8 Å². The maximum absolute atomic E-state index is 14.5. The molecule has 0 aliphatic rings. The molecule has 2 heterocycles. The lowest BCUT2D eigenvalue weighted by Crippen LogP contribution is -2.14. The predicted octanol–water partition coefficient (Wildman–Crippen LogP) is 4.12. The summed E-state index contributed by atoms with van der Waals surface area (Å²) in [4.78, 5) is 3.95. The van der Waals surface area contributed by atoms with E-state index in [0.717, 1.165) is 5.69 Å². The van der Waals surface area contributed by atoms with E-state index in [1.807, 2.05) is 6.07 Å². The zero-order valence-corrected chi connectivity index (χ0v) is 15.2. The van der Waals surface area contributed by atoms with Gasteiger partial charge in [-0.05, 0) is 42.5 Å². The van der Waals surface area contributed by atoms with Gasteiger partial charge in [0, 0.05) is 36.1 Å². The minimum absolute atomic E-state index is 0.0370. The van der Waals surface area contributed by atoms with E-state index in [9.17, 15) is 12.8 Å². The Morgan fingerprint density at radius 3 is 2.56 bits per heavy atom. The molecule has 0 aliphatic carbocycles. The Labute approximate surface area is 156 Å². The molecule has 0 atom stereocenters. The van der Waals surface area contributed by atoms with E-state index in [0.29, 0.717) is 10.9 Å². The van der Waals surface area contributed by atoms with Crippen LogP contribution >= 0.6 is 0 Å². The first-order valence-electron chi connectivity index (χ1n) is 8.27. The van der Waals surface area contributed by atoms with Crippen LogP contribution in [0.1, 0.15) is 0 Å². The van der Waals surface area contributed by atoms with Crippen LogP contribution in [0.4, 0.5) is 10.1 Å². The van der Waals surface area contributed by atoms with Crippen LogP contribution in [-0.2, 0) is 10.0 Å². The normalized spacial score (nSPS) is 11.6. The van der Waals surface area contributed by atoms with Crippen LogP contribution in [0.2, 0.25) is 0 Å². The lowest BCUT2D eigenvalue weighted by molar-refractivity contribution is 0.588. The van der Waals surface area contributed by atoms with Crippen molar-refractivity contribution in [2.75, 3.05) is 12.4 Å². The summed E-state index contributed by atoms with van der Waals surface area (Å²) >= 11 is 0. The Balaban J connectivity index is 2.13. The fourth-order valence-electron chi connectivity index (χ4n) is 3.15. The number of aromatic nitrogens is 2.